The van der Waals surface area contributed by atoms with Gasteiger partial charge in [0.15, 0.2) is 17.7 Å². The highest BCUT2D eigenvalue weighted by Gasteiger charge is 2.60. The minimum Gasteiger partial charge on any atom is -0.382 e. The summed E-state index contributed by atoms with van der Waals surface area (Å²) in [6.07, 6.45) is 0.921. The van der Waals surface area contributed by atoms with Crippen LogP contribution >= 0.6 is 11.6 Å². The van der Waals surface area contributed by atoms with E-state index in [1.54, 1.807) is 10.9 Å². The number of aromatic nitrogens is 4. The predicted molar refractivity (Wildman–Crippen MR) is 133 cm³/mol. The Labute approximate surface area is 213 Å². The molecular formula is C26H26ClN5O4. The molecule has 186 valence electrons. The summed E-state index contributed by atoms with van der Waals surface area (Å²) in [5, 5.41) is 0.0430. The normalized spacial score (nSPS) is 25.4. The van der Waals surface area contributed by atoms with Crippen molar-refractivity contribution in [3.8, 4) is 0 Å². The molecule has 4 heterocycles. The fourth-order valence-corrected chi connectivity index (χ4v) is 5.16. The third-order valence-electron chi connectivity index (χ3n) is 6.71. The van der Waals surface area contributed by atoms with Crippen LogP contribution in [0.5, 0.6) is 0 Å². The van der Waals surface area contributed by atoms with Gasteiger partial charge in [-0.05, 0) is 22.7 Å². The molecule has 2 fully saturated rings. The Morgan fingerprint density at radius 1 is 1.03 bits per heavy atom. The lowest BCUT2D eigenvalue weighted by Gasteiger charge is -2.38. The first-order valence-electron chi connectivity index (χ1n) is 11.9. The van der Waals surface area contributed by atoms with Gasteiger partial charge >= 0.3 is 0 Å². The summed E-state index contributed by atoms with van der Waals surface area (Å²) >= 11 is 6.11. The number of fused-ring (bicyclic) bond motifs is 3. The van der Waals surface area contributed by atoms with Gasteiger partial charge in [0.2, 0.25) is 5.28 Å². The maximum absolute atomic E-state index is 6.75. The van der Waals surface area contributed by atoms with E-state index in [-0.39, 0.29) is 17.2 Å². The van der Waals surface area contributed by atoms with Crippen LogP contribution in [-0.4, -0.2) is 50.5 Å². The van der Waals surface area contributed by atoms with Gasteiger partial charge in [0, 0.05) is 6.42 Å². The van der Waals surface area contributed by atoms with Gasteiger partial charge in [0.1, 0.15) is 23.3 Å². The van der Waals surface area contributed by atoms with Crippen molar-refractivity contribution in [2.45, 2.75) is 43.7 Å². The third-order valence-corrected chi connectivity index (χ3v) is 6.88. The molecule has 0 saturated carbocycles. The average Bonchev–Trinajstić information content (AvgIpc) is 3.38. The first-order valence-corrected chi connectivity index (χ1v) is 12.2. The summed E-state index contributed by atoms with van der Waals surface area (Å²) < 4.78 is 27.5. The molecule has 2 bridgehead atoms. The first-order chi connectivity index (χ1) is 17.6. The van der Waals surface area contributed by atoms with E-state index < -0.39 is 17.9 Å². The van der Waals surface area contributed by atoms with Crippen LogP contribution in [0.4, 0.5) is 5.82 Å². The maximum atomic E-state index is 6.75. The number of ether oxygens (including phenoxy) is 4. The van der Waals surface area contributed by atoms with Crippen molar-refractivity contribution >= 4 is 28.6 Å². The smallest absolute Gasteiger partial charge is 0.226 e. The van der Waals surface area contributed by atoms with E-state index in [9.17, 15) is 0 Å². The molecule has 0 amide bonds. The van der Waals surface area contributed by atoms with Gasteiger partial charge in [-0.15, -0.1) is 0 Å². The van der Waals surface area contributed by atoms with E-state index in [1.165, 1.54) is 0 Å². The van der Waals surface area contributed by atoms with Crippen molar-refractivity contribution in [2.24, 2.45) is 0 Å². The van der Waals surface area contributed by atoms with Crippen molar-refractivity contribution in [1.29, 1.82) is 0 Å². The lowest BCUT2D eigenvalue weighted by Crippen LogP contribution is -2.53. The second-order valence-electron chi connectivity index (χ2n) is 9.06. The van der Waals surface area contributed by atoms with Gasteiger partial charge in [-0.1, -0.05) is 60.7 Å². The second kappa shape index (κ2) is 9.76. The third kappa shape index (κ3) is 4.33. The Morgan fingerprint density at radius 2 is 1.75 bits per heavy atom. The van der Waals surface area contributed by atoms with E-state index in [2.05, 4.69) is 15.0 Å². The molecule has 10 heteroatoms. The summed E-state index contributed by atoms with van der Waals surface area (Å²) in [4.78, 5) is 12.8. The Bertz CT molecular complexity index is 1340. The van der Waals surface area contributed by atoms with Gasteiger partial charge in [0.05, 0.1) is 32.8 Å². The zero-order chi connectivity index (χ0) is 24.5. The molecule has 4 aromatic rings. The van der Waals surface area contributed by atoms with Crippen LogP contribution < -0.4 is 5.73 Å². The number of halogens is 1. The monoisotopic (exact) mass is 507 g/mol. The van der Waals surface area contributed by atoms with Gasteiger partial charge in [-0.3, -0.25) is 4.57 Å². The van der Waals surface area contributed by atoms with Gasteiger partial charge in [-0.2, -0.15) is 9.97 Å². The van der Waals surface area contributed by atoms with Crippen molar-refractivity contribution < 1.29 is 18.9 Å². The maximum Gasteiger partial charge on any atom is 0.226 e. The summed E-state index contributed by atoms with van der Waals surface area (Å²) in [6, 6.07) is 20.1. The zero-order valence-corrected chi connectivity index (χ0v) is 20.3. The second-order valence-corrected chi connectivity index (χ2v) is 9.39. The Balaban J connectivity index is 1.31. The highest BCUT2D eigenvalue weighted by molar-refractivity contribution is 6.28. The fraction of sp³-hybridized carbons (Fsp3) is 0.346. The number of nitrogen functional groups attached to an aromatic ring is 1. The van der Waals surface area contributed by atoms with E-state index in [4.69, 9.17) is 36.3 Å². The predicted octanol–water partition coefficient (Wildman–Crippen LogP) is 3.92. The molecule has 2 aliphatic rings. The summed E-state index contributed by atoms with van der Waals surface area (Å²) in [6.45, 7) is 1.77. The SMILES string of the molecule is Nc1nc(Cl)nc2c1ncn2[C@@H]1O[C@@]2(COCc3ccccc3)CCO[C@@H]1[C@@H]2OCc1ccccc1. The molecule has 9 nitrogen and oxygen atoms in total. The number of anilines is 1. The molecular weight excluding hydrogens is 482 g/mol. The quantitative estimate of drug-likeness (QED) is 0.358. The minimum absolute atomic E-state index is 0.0430. The van der Waals surface area contributed by atoms with E-state index >= 15 is 0 Å². The number of hydrogen-bond donors (Lipinski definition) is 1. The molecule has 0 spiro atoms. The van der Waals surface area contributed by atoms with Crippen LogP contribution in [0.1, 0.15) is 23.8 Å². The van der Waals surface area contributed by atoms with Gasteiger partial charge < -0.3 is 24.7 Å². The van der Waals surface area contributed by atoms with Crippen molar-refractivity contribution in [3.05, 3.63) is 83.4 Å². The number of nitrogens with two attached hydrogens (primary N) is 1. The van der Waals surface area contributed by atoms with Crippen molar-refractivity contribution in [2.75, 3.05) is 18.9 Å². The van der Waals surface area contributed by atoms with E-state index in [0.29, 0.717) is 44.0 Å². The molecule has 2 aromatic heterocycles. The average molecular weight is 508 g/mol. The van der Waals surface area contributed by atoms with Gasteiger partial charge in [0.25, 0.3) is 0 Å². The molecule has 6 rings (SSSR count). The van der Waals surface area contributed by atoms with Crippen LogP contribution in [0.25, 0.3) is 11.2 Å². The number of benzene rings is 2. The standard InChI is InChI=1S/C26H26ClN5O4/c27-25-30-22(28)19-23(31-25)32(16-29-19)24-20-21(35-14-18-9-5-2-6-10-18)26(36-24,11-12-34-20)15-33-13-17-7-3-1-4-8-17/h1-10,16,20-21,24H,11-15H2,(H2,28,30,31)/t20-,21+,24-,26-/m1/s1. The molecule has 36 heavy (non-hydrogen) atoms. The number of hydrogen-bond acceptors (Lipinski definition) is 8. The van der Waals surface area contributed by atoms with Crippen LogP contribution in [0.3, 0.4) is 0 Å². The molecule has 0 radical (unpaired) electrons. The van der Waals surface area contributed by atoms with E-state index in [0.717, 1.165) is 11.1 Å². The zero-order valence-electron chi connectivity index (χ0n) is 19.5. The lowest BCUT2D eigenvalue weighted by molar-refractivity contribution is -0.178. The highest BCUT2D eigenvalue weighted by atomic mass is 35.5. The molecule has 2 N–H and O–H groups in total. The topological polar surface area (TPSA) is 107 Å². The summed E-state index contributed by atoms with van der Waals surface area (Å²) in [5.41, 5.74) is 8.43. The molecule has 2 aliphatic heterocycles. The molecule has 0 unspecified atom stereocenters. The molecule has 0 aliphatic carbocycles. The number of nitrogens with zero attached hydrogens (tertiary/aromatic N) is 4. The van der Waals surface area contributed by atoms with Crippen molar-refractivity contribution in [1.82, 2.24) is 19.5 Å². The van der Waals surface area contributed by atoms with E-state index in [1.807, 2.05) is 60.7 Å². The summed E-state index contributed by atoms with van der Waals surface area (Å²) in [5.74, 6) is 0.212. The highest BCUT2D eigenvalue weighted by Crippen LogP contribution is 2.47. The number of rotatable bonds is 8. The fourth-order valence-electron chi connectivity index (χ4n) is 4.99. The van der Waals surface area contributed by atoms with Crippen molar-refractivity contribution in [3.63, 3.8) is 0 Å². The van der Waals surface area contributed by atoms with Gasteiger partial charge in [-0.25, -0.2) is 4.98 Å². The van der Waals surface area contributed by atoms with Crippen LogP contribution in [0.2, 0.25) is 5.28 Å². The Kier molecular flexibility index (Phi) is 6.32. The molecule has 2 aromatic carbocycles. The largest absolute Gasteiger partial charge is 0.382 e. The van der Waals surface area contributed by atoms with Crippen LogP contribution in [-0.2, 0) is 32.2 Å². The number of imidazole rings is 1. The minimum atomic E-state index is -0.712. The van der Waals surface area contributed by atoms with Crippen LogP contribution in [0.15, 0.2) is 67.0 Å². The Hall–Kier alpha value is -3.08. The lowest BCUT2D eigenvalue weighted by atomic mass is 9.90. The van der Waals surface area contributed by atoms with Crippen LogP contribution in [0, 0.1) is 0 Å². The molecule has 2 saturated heterocycles. The Morgan fingerprint density at radius 3 is 2.50 bits per heavy atom. The first kappa shape index (κ1) is 23.3. The molecule has 4 atom stereocenters. The summed E-state index contributed by atoms with van der Waals surface area (Å²) in [7, 11) is 0.